The van der Waals surface area contributed by atoms with Crippen LogP contribution < -0.4 is 9.46 Å². The Bertz CT molecular complexity index is 553. The van der Waals surface area contributed by atoms with Crippen molar-refractivity contribution in [1.29, 1.82) is 0 Å². The lowest BCUT2D eigenvalue weighted by atomic mass is 10.2. The van der Waals surface area contributed by atoms with Crippen molar-refractivity contribution in [2.24, 2.45) is 0 Å². The number of aliphatic hydroxyl groups is 1. The van der Waals surface area contributed by atoms with Crippen molar-refractivity contribution in [3.63, 3.8) is 0 Å². The van der Waals surface area contributed by atoms with Crippen LogP contribution in [0.1, 0.15) is 18.4 Å². The van der Waals surface area contributed by atoms with Crippen molar-refractivity contribution < 1.29 is 18.3 Å². The molecule has 1 fully saturated rings. The molecule has 1 aromatic carbocycles. The number of nitrogens with one attached hydrogen (secondary N) is 1. The van der Waals surface area contributed by atoms with Crippen LogP contribution in [0.3, 0.4) is 0 Å². The fourth-order valence-electron chi connectivity index (χ4n) is 2.12. The standard InChI is InChI=1S/C13H19NO4S2/c1-18-12-7-10(9-15)4-5-13(12)20(16,17)14-8-11-3-2-6-19-11/h4-5,7,11,14-15H,2-3,6,8-9H2,1H3. The van der Waals surface area contributed by atoms with E-state index in [4.69, 9.17) is 9.84 Å². The SMILES string of the molecule is COc1cc(CO)ccc1S(=O)(=O)NCC1CCCS1. The minimum absolute atomic E-state index is 0.111. The van der Waals surface area contributed by atoms with Gasteiger partial charge in [0.1, 0.15) is 10.6 Å². The molecule has 1 aliphatic rings. The predicted molar refractivity (Wildman–Crippen MR) is 79.6 cm³/mol. The van der Waals surface area contributed by atoms with Crippen molar-refractivity contribution in [2.45, 2.75) is 29.6 Å². The summed E-state index contributed by atoms with van der Waals surface area (Å²) in [6.07, 6.45) is 2.19. The second kappa shape index (κ2) is 6.80. The van der Waals surface area contributed by atoms with Gasteiger partial charge >= 0.3 is 0 Å². The Morgan fingerprint density at radius 1 is 1.50 bits per heavy atom. The number of thioether (sulfide) groups is 1. The molecule has 5 nitrogen and oxygen atoms in total. The Labute approximate surface area is 123 Å². The number of sulfonamides is 1. The van der Waals surface area contributed by atoms with E-state index < -0.39 is 10.0 Å². The van der Waals surface area contributed by atoms with E-state index in [0.717, 1.165) is 18.6 Å². The molecule has 20 heavy (non-hydrogen) atoms. The Morgan fingerprint density at radius 3 is 2.90 bits per heavy atom. The van der Waals surface area contributed by atoms with Crippen molar-refractivity contribution in [2.75, 3.05) is 19.4 Å². The summed E-state index contributed by atoms with van der Waals surface area (Å²) in [5.74, 6) is 1.35. The molecule has 1 aliphatic heterocycles. The molecule has 1 aromatic rings. The third kappa shape index (κ3) is 3.66. The molecule has 0 spiro atoms. The van der Waals surface area contributed by atoms with Crippen molar-refractivity contribution in [3.8, 4) is 5.75 Å². The van der Waals surface area contributed by atoms with E-state index in [9.17, 15) is 8.42 Å². The van der Waals surface area contributed by atoms with Crippen molar-refractivity contribution in [1.82, 2.24) is 4.72 Å². The van der Waals surface area contributed by atoms with E-state index in [1.54, 1.807) is 23.9 Å². The summed E-state index contributed by atoms with van der Waals surface area (Å²) in [6, 6.07) is 4.59. The topological polar surface area (TPSA) is 75.6 Å². The largest absolute Gasteiger partial charge is 0.495 e. The number of aliphatic hydroxyl groups excluding tert-OH is 1. The van der Waals surface area contributed by atoms with Crippen molar-refractivity contribution in [3.05, 3.63) is 23.8 Å². The maximum absolute atomic E-state index is 12.3. The number of hydrogen-bond acceptors (Lipinski definition) is 5. The summed E-state index contributed by atoms with van der Waals surface area (Å²) >= 11 is 1.80. The molecule has 0 aromatic heterocycles. The van der Waals surface area contributed by atoms with Gasteiger partial charge in [-0.25, -0.2) is 13.1 Å². The first-order valence-corrected chi connectivity index (χ1v) is 8.99. The molecular formula is C13H19NO4S2. The molecular weight excluding hydrogens is 298 g/mol. The molecule has 1 saturated heterocycles. The van der Waals surface area contributed by atoms with Crippen LogP contribution in [0.4, 0.5) is 0 Å². The molecule has 0 amide bonds. The van der Waals surface area contributed by atoms with E-state index in [1.807, 2.05) is 0 Å². The number of rotatable bonds is 6. The first-order chi connectivity index (χ1) is 9.56. The third-order valence-electron chi connectivity index (χ3n) is 3.23. The zero-order valence-electron chi connectivity index (χ0n) is 11.3. The fraction of sp³-hybridized carbons (Fsp3) is 0.538. The zero-order valence-corrected chi connectivity index (χ0v) is 13.0. The molecule has 0 radical (unpaired) electrons. The van der Waals surface area contributed by atoms with Gasteiger partial charge in [0.2, 0.25) is 10.0 Å². The zero-order chi connectivity index (χ0) is 14.6. The molecule has 2 rings (SSSR count). The highest BCUT2D eigenvalue weighted by atomic mass is 32.2. The molecule has 112 valence electrons. The molecule has 2 N–H and O–H groups in total. The molecule has 7 heteroatoms. The maximum atomic E-state index is 12.3. The normalized spacial score (nSPS) is 19.2. The highest BCUT2D eigenvalue weighted by Crippen LogP contribution is 2.27. The summed E-state index contributed by atoms with van der Waals surface area (Å²) in [4.78, 5) is 0.111. The minimum Gasteiger partial charge on any atom is -0.495 e. The molecule has 0 bridgehead atoms. The van der Waals surface area contributed by atoms with Gasteiger partial charge < -0.3 is 9.84 Å². The third-order valence-corrected chi connectivity index (χ3v) is 6.09. The van der Waals surface area contributed by atoms with Crippen LogP contribution in [0.2, 0.25) is 0 Å². The fourth-order valence-corrected chi connectivity index (χ4v) is 4.66. The van der Waals surface area contributed by atoms with Gasteiger partial charge in [0.15, 0.2) is 0 Å². The summed E-state index contributed by atoms with van der Waals surface area (Å²) in [6.45, 7) is 0.292. The Morgan fingerprint density at radius 2 is 2.30 bits per heavy atom. The lowest BCUT2D eigenvalue weighted by Gasteiger charge is -2.13. The minimum atomic E-state index is -3.59. The Kier molecular flexibility index (Phi) is 5.31. The summed E-state index contributed by atoms with van der Waals surface area (Å²) in [7, 11) is -2.17. The lowest BCUT2D eigenvalue weighted by molar-refractivity contribution is 0.280. The van der Waals surface area contributed by atoms with E-state index in [1.165, 1.54) is 13.2 Å². The van der Waals surface area contributed by atoms with Crippen LogP contribution in [0, 0.1) is 0 Å². The second-order valence-electron chi connectivity index (χ2n) is 4.63. The van der Waals surface area contributed by atoms with Crippen LogP contribution in [0.5, 0.6) is 5.75 Å². The van der Waals surface area contributed by atoms with Crippen LogP contribution in [-0.4, -0.2) is 38.2 Å². The van der Waals surface area contributed by atoms with Crippen molar-refractivity contribution >= 4 is 21.8 Å². The van der Waals surface area contributed by atoms with E-state index in [0.29, 0.717) is 17.4 Å². The van der Waals surface area contributed by atoms with Gasteiger partial charge in [-0.1, -0.05) is 6.07 Å². The molecule has 1 atom stereocenters. The molecule has 1 unspecified atom stereocenters. The Balaban J connectivity index is 2.15. The number of benzene rings is 1. The van der Waals surface area contributed by atoms with Crippen LogP contribution in [0.25, 0.3) is 0 Å². The highest BCUT2D eigenvalue weighted by Gasteiger charge is 2.23. The smallest absolute Gasteiger partial charge is 0.244 e. The maximum Gasteiger partial charge on any atom is 0.244 e. The molecule has 0 aliphatic carbocycles. The highest BCUT2D eigenvalue weighted by molar-refractivity contribution is 8.00. The lowest BCUT2D eigenvalue weighted by Crippen LogP contribution is -2.30. The van der Waals surface area contributed by atoms with Gasteiger partial charge in [-0.2, -0.15) is 11.8 Å². The van der Waals surface area contributed by atoms with Crippen LogP contribution in [-0.2, 0) is 16.6 Å². The van der Waals surface area contributed by atoms with Gasteiger partial charge in [-0.15, -0.1) is 0 Å². The predicted octanol–water partition coefficient (Wildman–Crippen LogP) is 1.36. The number of methoxy groups -OCH3 is 1. The van der Waals surface area contributed by atoms with E-state index in [-0.39, 0.29) is 17.3 Å². The summed E-state index contributed by atoms with van der Waals surface area (Å²) < 4.78 is 32.4. The Hall–Kier alpha value is -0.760. The van der Waals surface area contributed by atoms with Crippen LogP contribution in [0.15, 0.2) is 23.1 Å². The first-order valence-electron chi connectivity index (χ1n) is 6.46. The van der Waals surface area contributed by atoms with E-state index >= 15 is 0 Å². The average molecular weight is 317 g/mol. The average Bonchev–Trinajstić information content (AvgIpc) is 2.97. The van der Waals surface area contributed by atoms with Gasteiger partial charge in [0.05, 0.1) is 13.7 Å². The monoisotopic (exact) mass is 317 g/mol. The number of ether oxygens (including phenoxy) is 1. The van der Waals surface area contributed by atoms with E-state index in [2.05, 4.69) is 4.72 Å². The quantitative estimate of drug-likeness (QED) is 0.828. The second-order valence-corrected chi connectivity index (χ2v) is 7.77. The van der Waals surface area contributed by atoms with Gasteiger partial charge in [0, 0.05) is 11.8 Å². The van der Waals surface area contributed by atoms with Gasteiger partial charge in [-0.3, -0.25) is 0 Å². The van der Waals surface area contributed by atoms with Gasteiger partial charge in [-0.05, 0) is 36.3 Å². The van der Waals surface area contributed by atoms with Gasteiger partial charge in [0.25, 0.3) is 0 Å². The number of hydrogen-bond donors (Lipinski definition) is 2. The molecule has 1 heterocycles. The molecule has 0 saturated carbocycles. The van der Waals surface area contributed by atoms with Crippen LogP contribution >= 0.6 is 11.8 Å². The summed E-state index contributed by atoms with van der Waals surface area (Å²) in [5, 5.41) is 9.43. The summed E-state index contributed by atoms with van der Waals surface area (Å²) in [5.41, 5.74) is 0.618. The first kappa shape index (κ1) is 15.6.